The number of unbranched alkanes of at least 4 members (excludes halogenated alkanes) is 2. The number of aliphatic hydroxyl groups is 1. The molecule has 0 saturated carbocycles. The number of primary amides is 1. The smallest absolute Gasteiger partial charge is 0.326 e. The van der Waals surface area contributed by atoms with E-state index < -0.39 is 216 Å². The minimum Gasteiger partial charge on any atom is -0.481 e. The lowest BCUT2D eigenvalue weighted by atomic mass is 9.96. The predicted molar refractivity (Wildman–Crippen MR) is 445 cm³/mol. The number of guanidine groups is 2. The van der Waals surface area contributed by atoms with Crippen LogP contribution in [-0.4, -0.2) is 245 Å². The van der Waals surface area contributed by atoms with E-state index in [0.29, 0.717) is 12.8 Å². The summed E-state index contributed by atoms with van der Waals surface area (Å²) in [5.41, 5.74) is 45.1. The molecular formula is C75H139N23O19S. The Bertz CT molecular complexity index is 3310. The average Bonchev–Trinajstić information content (AvgIpc) is 0.854. The Hall–Kier alpha value is -9.75. The SMILES string of the molecule is CC[C@H](C)[C@H](NC(=O)[C@H](CCC(=O)O)NC(=O)[C@H](CC(C)C)NC(=O)[C@H](CCCCN)NC(=O)[C@@H](NC(=O)[C@H](CCCN=C(N)N)NC(=O)[C@H](CO)NC(=O)[C@H](CC(C)C)NC(=O)[C@@H](NC(=O)[C@@H](N)CCC(N)=O)C(C)C)[C@@H](C)CC)C(=O)N[C@@H](CCCCN)C(=O)N[C@@H](CCCN=C(N)N)C(=O)N[C@@H](CS)C(=O)N[C@@H](CC(C)C)C(=O)O. The van der Waals surface area contributed by atoms with Gasteiger partial charge in [0.2, 0.25) is 82.7 Å². The van der Waals surface area contributed by atoms with Gasteiger partial charge in [0, 0.05) is 31.7 Å². The van der Waals surface area contributed by atoms with Crippen LogP contribution in [0.25, 0.3) is 0 Å². The van der Waals surface area contributed by atoms with Gasteiger partial charge in [-0.05, 0) is 145 Å². The van der Waals surface area contributed by atoms with Crippen LogP contribution in [0, 0.1) is 35.5 Å². The molecule has 0 aliphatic carbocycles. The molecule has 0 radical (unpaired) electrons. The second kappa shape index (κ2) is 58.2. The topological polar surface area (TPSA) is 723 Å². The summed E-state index contributed by atoms with van der Waals surface area (Å²) in [6, 6.07) is -20.2. The number of aliphatic hydroxyl groups excluding tert-OH is 1. The van der Waals surface area contributed by atoms with Crippen molar-refractivity contribution in [1.82, 2.24) is 69.1 Å². The number of rotatable bonds is 62. The fraction of sp³-hybridized carbons (Fsp3) is 0.760. The Balaban J connectivity index is 7.40. The van der Waals surface area contributed by atoms with E-state index in [1.165, 1.54) is 0 Å². The molecule has 0 rings (SSSR count). The van der Waals surface area contributed by atoms with Crippen LogP contribution in [0.4, 0.5) is 0 Å². The van der Waals surface area contributed by atoms with Crippen molar-refractivity contribution >= 4 is 119 Å². The molecule has 16 atom stereocenters. The number of aliphatic carboxylic acids is 2. The van der Waals surface area contributed by atoms with E-state index in [9.17, 15) is 92.0 Å². The standard InChI is InChI=1S/C75H139N23O19S/c1-13-42(11)58(97-64(107)48(24-20-32-85-75(82)83)87-68(111)53(36-99)94-67(110)51(34-39(5)6)92-70(113)57(41(9)10)96-60(103)44(78)25-27-55(79)100)71(114)90-46(22-16-18-30-77)62(105)91-50(33-38(3)4)66(109)88-49(26-28-56(101)102)65(108)98-59(43(12)14-2)72(115)89-45(21-15-17-29-76)61(104)86-47(23-19-31-84-74(80)81)63(106)95-54(37-118)69(112)93-52(73(116)117)35-40(7)8/h38-54,57-59,99,118H,13-37,76-78H2,1-12H3,(H2,79,100)(H,86,104)(H,87,111)(H,88,109)(H,89,115)(H,90,114)(H,91,105)(H,92,113)(H,93,112)(H,94,110)(H,95,106)(H,96,103)(H,97,107)(H,98,108)(H,101,102)(H,116,117)(H4,80,81,84)(H4,82,83,85)/t42-,43-,44-,45-,46-,47-,48-,49-,50-,51-,52-,53-,54-,57-,58-,59-/m0/s1. The molecule has 0 unspecified atom stereocenters. The van der Waals surface area contributed by atoms with Crippen molar-refractivity contribution in [3.63, 3.8) is 0 Å². The molecule has 32 N–H and O–H groups in total. The lowest BCUT2D eigenvalue weighted by Gasteiger charge is -2.30. The average molecular weight is 1700 g/mol. The van der Waals surface area contributed by atoms with Crippen molar-refractivity contribution < 1.29 is 92.0 Å². The third kappa shape index (κ3) is 43.6. The quantitative estimate of drug-likeness (QED) is 0.0117. The van der Waals surface area contributed by atoms with E-state index in [2.05, 4.69) is 91.7 Å². The Morgan fingerprint density at radius 1 is 0.347 bits per heavy atom. The molecule has 42 nitrogen and oxygen atoms in total. The van der Waals surface area contributed by atoms with E-state index in [-0.39, 0.29) is 158 Å². The van der Waals surface area contributed by atoms with Gasteiger partial charge in [-0.2, -0.15) is 12.6 Å². The Morgan fingerprint density at radius 3 is 0.983 bits per heavy atom. The van der Waals surface area contributed by atoms with Gasteiger partial charge in [0.05, 0.1) is 12.6 Å². The highest BCUT2D eigenvalue weighted by Gasteiger charge is 2.40. The maximum atomic E-state index is 14.8. The van der Waals surface area contributed by atoms with Crippen LogP contribution in [0.5, 0.6) is 0 Å². The monoisotopic (exact) mass is 1700 g/mol. The number of nitrogens with one attached hydrogen (secondary N) is 13. The fourth-order valence-corrected chi connectivity index (χ4v) is 12.2. The normalized spacial score (nSPS) is 15.4. The van der Waals surface area contributed by atoms with Crippen LogP contribution in [0.3, 0.4) is 0 Å². The number of hydrogen-bond acceptors (Lipinski definition) is 23. The van der Waals surface area contributed by atoms with Crippen molar-refractivity contribution in [2.45, 2.75) is 290 Å². The summed E-state index contributed by atoms with van der Waals surface area (Å²) >= 11 is 4.22. The Kier molecular flexibility index (Phi) is 53.4. The molecule has 0 spiro atoms. The maximum absolute atomic E-state index is 14.8. The van der Waals surface area contributed by atoms with Gasteiger partial charge in [0.25, 0.3) is 0 Å². The van der Waals surface area contributed by atoms with E-state index in [0.717, 1.165) is 0 Å². The van der Waals surface area contributed by atoms with Crippen molar-refractivity contribution in [2.75, 3.05) is 38.5 Å². The highest BCUT2D eigenvalue weighted by Crippen LogP contribution is 2.18. The number of carbonyl (C=O) groups is 16. The molecule has 0 aliphatic heterocycles. The molecule has 43 heteroatoms. The number of carboxylic acids is 2. The third-order valence-corrected chi connectivity index (χ3v) is 19.5. The van der Waals surface area contributed by atoms with Crippen LogP contribution in [0.15, 0.2) is 9.98 Å². The molecule has 0 aromatic heterocycles. The molecule has 0 heterocycles. The fourth-order valence-electron chi connectivity index (χ4n) is 11.9. The molecule has 674 valence electrons. The van der Waals surface area contributed by atoms with Crippen molar-refractivity contribution in [1.29, 1.82) is 0 Å². The number of nitrogens with zero attached hydrogens (tertiary/aromatic N) is 2. The van der Waals surface area contributed by atoms with E-state index >= 15 is 0 Å². The number of thiol groups is 1. The van der Waals surface area contributed by atoms with Crippen molar-refractivity contribution in [3.8, 4) is 0 Å². The number of nitrogens with two attached hydrogens (primary N) is 8. The van der Waals surface area contributed by atoms with E-state index in [1.54, 1.807) is 83.1 Å². The van der Waals surface area contributed by atoms with Gasteiger partial charge >= 0.3 is 11.9 Å². The summed E-state index contributed by atoms with van der Waals surface area (Å²) in [7, 11) is 0. The summed E-state index contributed by atoms with van der Waals surface area (Å²) in [5, 5.41) is 63.9. The van der Waals surface area contributed by atoms with Crippen LogP contribution in [-0.2, 0) is 76.7 Å². The number of aliphatic imine (C=N–C) groups is 2. The number of carbonyl (C=O) groups excluding carboxylic acids is 14. The highest BCUT2D eigenvalue weighted by atomic mass is 32.1. The third-order valence-electron chi connectivity index (χ3n) is 19.1. The summed E-state index contributed by atoms with van der Waals surface area (Å²) in [6.45, 7) is 19.5. The molecule has 0 aromatic rings. The van der Waals surface area contributed by atoms with Crippen LogP contribution < -0.4 is 115 Å². The first-order valence-corrected chi connectivity index (χ1v) is 41.1. The van der Waals surface area contributed by atoms with Gasteiger partial charge < -0.3 is 130 Å². The second-order valence-electron chi connectivity index (χ2n) is 31.2. The van der Waals surface area contributed by atoms with E-state index in [1.807, 2.05) is 0 Å². The van der Waals surface area contributed by atoms with Gasteiger partial charge in [-0.3, -0.25) is 81.9 Å². The van der Waals surface area contributed by atoms with Gasteiger partial charge in [0.1, 0.15) is 78.5 Å². The lowest BCUT2D eigenvalue weighted by molar-refractivity contribution is -0.142. The molecule has 118 heavy (non-hydrogen) atoms. The molecule has 0 aliphatic rings. The first-order chi connectivity index (χ1) is 55.3. The van der Waals surface area contributed by atoms with Crippen LogP contribution >= 0.6 is 12.6 Å². The summed E-state index contributed by atoms with van der Waals surface area (Å²) < 4.78 is 0. The lowest BCUT2D eigenvalue weighted by Crippen LogP contribution is -2.62. The molecule has 0 fully saturated rings. The number of carboxylic acid groups (broad SMARTS) is 2. The predicted octanol–water partition coefficient (Wildman–Crippen LogP) is -5.00. The summed E-state index contributed by atoms with van der Waals surface area (Å²) in [5.74, 6) is -18.9. The first kappa shape index (κ1) is 108. The number of amides is 14. The largest absolute Gasteiger partial charge is 0.481 e. The zero-order chi connectivity index (χ0) is 90.2. The Labute approximate surface area is 697 Å². The Morgan fingerprint density at radius 2 is 0.644 bits per heavy atom. The molecule has 0 bridgehead atoms. The summed E-state index contributed by atoms with van der Waals surface area (Å²) in [4.78, 5) is 229. The molecular weight excluding hydrogens is 1560 g/mol. The summed E-state index contributed by atoms with van der Waals surface area (Å²) in [6.07, 6.45) is -0.298. The highest BCUT2D eigenvalue weighted by molar-refractivity contribution is 7.80. The zero-order valence-corrected chi connectivity index (χ0v) is 71.5. The zero-order valence-electron chi connectivity index (χ0n) is 70.6. The molecule has 0 aromatic carbocycles. The number of hydrogen-bond donors (Lipinski definition) is 25. The first-order valence-electron chi connectivity index (χ1n) is 40.5. The van der Waals surface area contributed by atoms with Gasteiger partial charge in [-0.15, -0.1) is 0 Å². The van der Waals surface area contributed by atoms with E-state index in [4.69, 9.17) is 45.9 Å². The van der Waals surface area contributed by atoms with Gasteiger partial charge in [0.15, 0.2) is 11.9 Å². The van der Waals surface area contributed by atoms with Gasteiger partial charge in [-0.25, -0.2) is 4.79 Å². The van der Waals surface area contributed by atoms with Crippen LogP contribution in [0.2, 0.25) is 0 Å². The van der Waals surface area contributed by atoms with Crippen molar-refractivity contribution in [2.24, 2.45) is 91.4 Å². The van der Waals surface area contributed by atoms with Crippen molar-refractivity contribution in [3.05, 3.63) is 0 Å². The van der Waals surface area contributed by atoms with Gasteiger partial charge in [-0.1, -0.05) is 95.9 Å². The second-order valence-corrected chi connectivity index (χ2v) is 31.6. The maximum Gasteiger partial charge on any atom is 0.326 e. The molecule has 14 amide bonds. The molecule has 0 saturated heterocycles. The minimum absolute atomic E-state index is 0.00470. The minimum atomic E-state index is -1.76. The van der Waals surface area contributed by atoms with Crippen LogP contribution in [0.1, 0.15) is 205 Å².